The molecule has 0 spiro atoms. The number of aromatic nitrogens is 2. The number of aryl methyl sites for hydroxylation is 1. The van der Waals surface area contributed by atoms with Crippen molar-refractivity contribution in [3.63, 3.8) is 0 Å². The first-order valence-electron chi connectivity index (χ1n) is 8.55. The molecule has 1 fully saturated rings. The van der Waals surface area contributed by atoms with Gasteiger partial charge in [-0.25, -0.2) is 4.98 Å². The third-order valence-corrected chi connectivity index (χ3v) is 4.11. The molecule has 2 aromatic rings. The zero-order chi connectivity index (χ0) is 17.5. The molecule has 1 aromatic carbocycles. The van der Waals surface area contributed by atoms with Crippen LogP contribution in [0, 0.1) is 6.92 Å². The quantitative estimate of drug-likeness (QED) is 0.873. The summed E-state index contributed by atoms with van der Waals surface area (Å²) in [6.07, 6.45) is 5.25. The summed E-state index contributed by atoms with van der Waals surface area (Å²) in [6, 6.07) is 8.06. The van der Waals surface area contributed by atoms with Crippen LogP contribution in [0.15, 0.2) is 36.7 Å². The van der Waals surface area contributed by atoms with Gasteiger partial charge < -0.3 is 14.8 Å². The second-order valence-corrected chi connectivity index (χ2v) is 6.17. The summed E-state index contributed by atoms with van der Waals surface area (Å²) < 4.78 is 11.3. The van der Waals surface area contributed by atoms with Gasteiger partial charge in [0.05, 0.1) is 24.6 Å². The standard InChI is InChI=1S/C19H23N3O3/c1-14-10-21-18(12-20-14)19(23)22-11-15-3-2-4-16(9-15)13-25-17-5-7-24-8-6-17/h2-4,9-10,12,17H,5-8,11,13H2,1H3,(H,22,23). The van der Waals surface area contributed by atoms with Gasteiger partial charge in [-0.2, -0.15) is 0 Å². The Morgan fingerprint density at radius 2 is 2.04 bits per heavy atom. The van der Waals surface area contributed by atoms with Gasteiger partial charge in [-0.3, -0.25) is 9.78 Å². The second kappa shape index (κ2) is 8.69. The van der Waals surface area contributed by atoms with Gasteiger partial charge in [0, 0.05) is 26.0 Å². The van der Waals surface area contributed by atoms with Crippen molar-refractivity contribution in [3.8, 4) is 0 Å². The Morgan fingerprint density at radius 3 is 2.80 bits per heavy atom. The molecule has 1 N–H and O–H groups in total. The van der Waals surface area contributed by atoms with Crippen molar-refractivity contribution >= 4 is 5.91 Å². The van der Waals surface area contributed by atoms with Crippen molar-refractivity contribution in [2.24, 2.45) is 0 Å². The van der Waals surface area contributed by atoms with Crippen molar-refractivity contribution in [2.75, 3.05) is 13.2 Å². The van der Waals surface area contributed by atoms with Gasteiger partial charge in [-0.15, -0.1) is 0 Å². The molecule has 0 aliphatic carbocycles. The maximum atomic E-state index is 12.1. The Hall–Kier alpha value is -2.31. The number of rotatable bonds is 6. The summed E-state index contributed by atoms with van der Waals surface area (Å²) in [6.45, 7) is 4.41. The maximum Gasteiger partial charge on any atom is 0.271 e. The van der Waals surface area contributed by atoms with Crippen molar-refractivity contribution in [3.05, 3.63) is 59.2 Å². The van der Waals surface area contributed by atoms with E-state index in [0.29, 0.717) is 18.8 Å². The summed E-state index contributed by atoms with van der Waals surface area (Å²) in [7, 11) is 0. The highest BCUT2D eigenvalue weighted by Gasteiger charge is 2.14. The molecular formula is C19H23N3O3. The fourth-order valence-corrected chi connectivity index (χ4v) is 2.67. The average molecular weight is 341 g/mol. The van der Waals surface area contributed by atoms with Crippen LogP contribution in [0.4, 0.5) is 0 Å². The molecule has 1 aromatic heterocycles. The number of carbonyl (C=O) groups is 1. The highest BCUT2D eigenvalue weighted by atomic mass is 16.5. The number of nitrogens with zero attached hydrogens (tertiary/aromatic N) is 2. The van der Waals surface area contributed by atoms with E-state index < -0.39 is 0 Å². The van der Waals surface area contributed by atoms with Gasteiger partial charge in [-0.05, 0) is 30.9 Å². The number of benzene rings is 1. The Bertz CT molecular complexity index is 697. The minimum absolute atomic E-state index is 0.226. The number of hydrogen-bond acceptors (Lipinski definition) is 5. The number of nitrogens with one attached hydrogen (secondary N) is 1. The van der Waals surface area contributed by atoms with Crippen molar-refractivity contribution < 1.29 is 14.3 Å². The molecular weight excluding hydrogens is 318 g/mol. The molecule has 2 heterocycles. The molecule has 3 rings (SSSR count). The summed E-state index contributed by atoms with van der Waals surface area (Å²) in [4.78, 5) is 20.3. The average Bonchev–Trinajstić information content (AvgIpc) is 2.66. The van der Waals surface area contributed by atoms with Gasteiger partial charge in [0.15, 0.2) is 0 Å². The van der Waals surface area contributed by atoms with Crippen molar-refractivity contribution in [2.45, 2.75) is 39.0 Å². The Labute approximate surface area is 147 Å². The number of amides is 1. The van der Waals surface area contributed by atoms with E-state index in [9.17, 15) is 4.79 Å². The fourth-order valence-electron chi connectivity index (χ4n) is 2.67. The highest BCUT2D eigenvalue weighted by Crippen LogP contribution is 2.14. The smallest absolute Gasteiger partial charge is 0.271 e. The first-order valence-corrected chi connectivity index (χ1v) is 8.55. The summed E-state index contributed by atoms with van der Waals surface area (Å²) in [5.41, 5.74) is 3.24. The lowest BCUT2D eigenvalue weighted by Gasteiger charge is -2.22. The molecule has 25 heavy (non-hydrogen) atoms. The Morgan fingerprint density at radius 1 is 1.24 bits per heavy atom. The fraction of sp³-hybridized carbons (Fsp3) is 0.421. The van der Waals surface area contributed by atoms with E-state index in [-0.39, 0.29) is 12.0 Å². The first kappa shape index (κ1) is 17.5. The van der Waals surface area contributed by atoms with Crippen LogP contribution >= 0.6 is 0 Å². The third-order valence-electron chi connectivity index (χ3n) is 4.11. The summed E-state index contributed by atoms with van der Waals surface area (Å²) in [5, 5.41) is 2.87. The molecule has 1 saturated heterocycles. The van der Waals surface area contributed by atoms with Crippen LogP contribution in [0.25, 0.3) is 0 Å². The van der Waals surface area contributed by atoms with Gasteiger partial charge in [0.1, 0.15) is 5.69 Å². The van der Waals surface area contributed by atoms with Gasteiger partial charge in [-0.1, -0.05) is 24.3 Å². The van der Waals surface area contributed by atoms with Crippen LogP contribution in [-0.4, -0.2) is 35.2 Å². The lowest BCUT2D eigenvalue weighted by atomic mass is 10.1. The molecule has 6 nitrogen and oxygen atoms in total. The monoisotopic (exact) mass is 341 g/mol. The molecule has 0 atom stereocenters. The topological polar surface area (TPSA) is 73.3 Å². The molecule has 0 bridgehead atoms. The molecule has 132 valence electrons. The zero-order valence-electron chi connectivity index (χ0n) is 14.4. The van der Waals surface area contributed by atoms with E-state index in [0.717, 1.165) is 42.9 Å². The molecule has 6 heteroatoms. The largest absolute Gasteiger partial charge is 0.381 e. The molecule has 1 aliphatic rings. The van der Waals surface area contributed by atoms with E-state index in [1.165, 1.54) is 6.20 Å². The lowest BCUT2D eigenvalue weighted by Crippen LogP contribution is -2.24. The van der Waals surface area contributed by atoms with Crippen molar-refractivity contribution in [1.82, 2.24) is 15.3 Å². The number of carbonyl (C=O) groups excluding carboxylic acids is 1. The van der Waals surface area contributed by atoms with Crippen LogP contribution in [-0.2, 0) is 22.6 Å². The van der Waals surface area contributed by atoms with E-state index in [1.807, 2.05) is 25.1 Å². The molecule has 1 aliphatic heterocycles. The SMILES string of the molecule is Cc1cnc(C(=O)NCc2cccc(COC3CCOCC3)c2)cn1. The maximum absolute atomic E-state index is 12.1. The van der Waals surface area contributed by atoms with E-state index in [4.69, 9.17) is 9.47 Å². The second-order valence-electron chi connectivity index (χ2n) is 6.17. The molecule has 0 radical (unpaired) electrons. The van der Waals surface area contributed by atoms with Crippen LogP contribution in [0.5, 0.6) is 0 Å². The number of ether oxygens (including phenoxy) is 2. The van der Waals surface area contributed by atoms with E-state index in [1.54, 1.807) is 6.20 Å². The number of hydrogen-bond donors (Lipinski definition) is 1. The molecule has 0 unspecified atom stereocenters. The van der Waals surface area contributed by atoms with Gasteiger partial charge in [0.2, 0.25) is 0 Å². The minimum Gasteiger partial charge on any atom is -0.381 e. The molecule has 0 saturated carbocycles. The predicted octanol–water partition coefficient (Wildman–Crippen LogP) is 2.41. The summed E-state index contributed by atoms with van der Waals surface area (Å²) in [5.74, 6) is -0.226. The van der Waals surface area contributed by atoms with Crippen LogP contribution in [0.1, 0.15) is 40.2 Å². The Balaban J connectivity index is 1.50. The van der Waals surface area contributed by atoms with Crippen LogP contribution in [0.3, 0.4) is 0 Å². The van der Waals surface area contributed by atoms with Crippen molar-refractivity contribution in [1.29, 1.82) is 0 Å². The zero-order valence-corrected chi connectivity index (χ0v) is 14.4. The normalized spacial score (nSPS) is 15.1. The van der Waals surface area contributed by atoms with Crippen LogP contribution in [0.2, 0.25) is 0 Å². The summed E-state index contributed by atoms with van der Waals surface area (Å²) >= 11 is 0. The van der Waals surface area contributed by atoms with Crippen LogP contribution < -0.4 is 5.32 Å². The van der Waals surface area contributed by atoms with Gasteiger partial charge >= 0.3 is 0 Å². The molecule has 1 amide bonds. The predicted molar refractivity (Wildman–Crippen MR) is 93.0 cm³/mol. The first-order chi connectivity index (χ1) is 12.2. The third kappa shape index (κ3) is 5.34. The Kier molecular flexibility index (Phi) is 6.09. The van der Waals surface area contributed by atoms with Gasteiger partial charge in [0.25, 0.3) is 5.91 Å². The lowest BCUT2D eigenvalue weighted by molar-refractivity contribution is -0.0390. The highest BCUT2D eigenvalue weighted by molar-refractivity contribution is 5.91. The van der Waals surface area contributed by atoms with E-state index >= 15 is 0 Å². The van der Waals surface area contributed by atoms with E-state index in [2.05, 4.69) is 21.4 Å². The minimum atomic E-state index is -0.226.